The van der Waals surface area contributed by atoms with Gasteiger partial charge in [0, 0.05) is 57.5 Å². The zero-order valence-electron chi connectivity index (χ0n) is 15.5. The molecule has 4 heterocycles. The fourth-order valence-electron chi connectivity index (χ4n) is 4.33. The fourth-order valence-corrected chi connectivity index (χ4v) is 4.33. The Kier molecular flexibility index (Phi) is 5.52. The first-order valence-corrected chi connectivity index (χ1v) is 9.89. The standard InChI is InChI=1S/C19H27N5O3/c25-18-11-14(12-24(18)16-4-9-27-10-5-16)19(26)23-7-2-15(3-8-23)22-17-1-6-20-13-21-17/h1,6,13-16H,2-5,7-12H2,(H,20,21,22). The molecule has 3 aliphatic heterocycles. The Morgan fingerprint density at radius 2 is 1.96 bits per heavy atom. The summed E-state index contributed by atoms with van der Waals surface area (Å²) in [6.07, 6.45) is 7.15. The number of nitrogens with one attached hydrogen (secondary N) is 1. The van der Waals surface area contributed by atoms with Crippen LogP contribution in [0.3, 0.4) is 0 Å². The number of likely N-dealkylation sites (tertiary alicyclic amines) is 2. The van der Waals surface area contributed by atoms with Gasteiger partial charge in [-0.1, -0.05) is 0 Å². The number of piperidine rings is 1. The van der Waals surface area contributed by atoms with Gasteiger partial charge in [0.25, 0.3) is 0 Å². The Balaban J connectivity index is 1.27. The molecule has 2 amide bonds. The van der Waals surface area contributed by atoms with E-state index in [9.17, 15) is 9.59 Å². The molecule has 1 aromatic rings. The van der Waals surface area contributed by atoms with Crippen LogP contribution < -0.4 is 5.32 Å². The lowest BCUT2D eigenvalue weighted by Crippen LogP contribution is -2.46. The summed E-state index contributed by atoms with van der Waals surface area (Å²) in [7, 11) is 0. The normalized spacial score (nSPS) is 25.0. The van der Waals surface area contributed by atoms with Gasteiger partial charge in [0.1, 0.15) is 12.1 Å². The molecule has 1 atom stereocenters. The quantitative estimate of drug-likeness (QED) is 0.844. The summed E-state index contributed by atoms with van der Waals surface area (Å²) in [5.41, 5.74) is 0. The Bertz CT molecular complexity index is 657. The second kappa shape index (κ2) is 8.21. The van der Waals surface area contributed by atoms with Gasteiger partial charge >= 0.3 is 0 Å². The lowest BCUT2D eigenvalue weighted by atomic mass is 10.0. The van der Waals surface area contributed by atoms with Gasteiger partial charge in [0.15, 0.2) is 0 Å². The molecule has 3 aliphatic rings. The first-order valence-electron chi connectivity index (χ1n) is 9.89. The van der Waals surface area contributed by atoms with Crippen LogP contribution in [0.1, 0.15) is 32.1 Å². The summed E-state index contributed by atoms with van der Waals surface area (Å²) in [6.45, 7) is 3.44. The van der Waals surface area contributed by atoms with E-state index < -0.39 is 0 Å². The van der Waals surface area contributed by atoms with Gasteiger partial charge in [-0.15, -0.1) is 0 Å². The molecule has 1 N–H and O–H groups in total. The Morgan fingerprint density at radius 1 is 1.19 bits per heavy atom. The highest BCUT2D eigenvalue weighted by atomic mass is 16.5. The molecule has 1 aromatic heterocycles. The van der Waals surface area contributed by atoms with Crippen molar-refractivity contribution in [3.05, 3.63) is 18.6 Å². The molecule has 0 saturated carbocycles. The minimum atomic E-state index is -0.188. The van der Waals surface area contributed by atoms with Crippen molar-refractivity contribution in [1.29, 1.82) is 0 Å². The molecular formula is C19H27N5O3. The monoisotopic (exact) mass is 373 g/mol. The Hall–Kier alpha value is -2.22. The maximum Gasteiger partial charge on any atom is 0.227 e. The van der Waals surface area contributed by atoms with Crippen molar-refractivity contribution in [1.82, 2.24) is 19.8 Å². The third kappa shape index (κ3) is 4.21. The minimum absolute atomic E-state index is 0.126. The van der Waals surface area contributed by atoms with Gasteiger partial charge in [-0.25, -0.2) is 9.97 Å². The van der Waals surface area contributed by atoms with Crippen LogP contribution in [0.25, 0.3) is 0 Å². The second-order valence-corrected chi connectivity index (χ2v) is 7.63. The number of ether oxygens (including phenoxy) is 1. The van der Waals surface area contributed by atoms with E-state index in [2.05, 4.69) is 15.3 Å². The van der Waals surface area contributed by atoms with Crippen LogP contribution in [0.5, 0.6) is 0 Å². The highest BCUT2D eigenvalue weighted by Crippen LogP contribution is 2.27. The predicted octanol–water partition coefficient (Wildman–Crippen LogP) is 0.907. The molecule has 0 radical (unpaired) electrons. The number of amides is 2. The van der Waals surface area contributed by atoms with Crippen LogP contribution in [-0.2, 0) is 14.3 Å². The fraction of sp³-hybridized carbons (Fsp3) is 0.684. The van der Waals surface area contributed by atoms with Crippen LogP contribution in [0.15, 0.2) is 18.6 Å². The summed E-state index contributed by atoms with van der Waals surface area (Å²) in [5.74, 6) is 0.897. The number of carbonyl (C=O) groups excluding carboxylic acids is 2. The maximum atomic E-state index is 12.9. The molecule has 3 fully saturated rings. The largest absolute Gasteiger partial charge is 0.381 e. The molecule has 0 aliphatic carbocycles. The van der Waals surface area contributed by atoms with Gasteiger partial charge in [-0.3, -0.25) is 9.59 Å². The first-order chi connectivity index (χ1) is 13.2. The Morgan fingerprint density at radius 3 is 2.67 bits per heavy atom. The summed E-state index contributed by atoms with van der Waals surface area (Å²) < 4.78 is 5.39. The van der Waals surface area contributed by atoms with Crippen molar-refractivity contribution in [3.8, 4) is 0 Å². The average Bonchev–Trinajstić information content (AvgIpc) is 3.11. The highest BCUT2D eigenvalue weighted by Gasteiger charge is 2.40. The molecule has 0 bridgehead atoms. The van der Waals surface area contributed by atoms with Crippen LogP contribution in [0, 0.1) is 5.92 Å². The van der Waals surface area contributed by atoms with Crippen LogP contribution in [0.4, 0.5) is 5.82 Å². The predicted molar refractivity (Wildman–Crippen MR) is 98.9 cm³/mol. The summed E-state index contributed by atoms with van der Waals surface area (Å²) in [4.78, 5) is 37.3. The van der Waals surface area contributed by atoms with Crippen molar-refractivity contribution < 1.29 is 14.3 Å². The topological polar surface area (TPSA) is 87.7 Å². The first kappa shape index (κ1) is 18.2. The number of hydrogen-bond acceptors (Lipinski definition) is 6. The number of anilines is 1. The van der Waals surface area contributed by atoms with Gasteiger partial charge in [-0.05, 0) is 31.7 Å². The summed E-state index contributed by atoms with van der Waals surface area (Å²) in [6, 6.07) is 2.41. The lowest BCUT2D eigenvalue weighted by molar-refractivity contribution is -0.136. The molecule has 0 spiro atoms. The highest BCUT2D eigenvalue weighted by molar-refractivity contribution is 5.89. The smallest absolute Gasteiger partial charge is 0.227 e. The number of hydrogen-bond donors (Lipinski definition) is 1. The van der Waals surface area contributed by atoms with E-state index in [1.807, 2.05) is 15.9 Å². The lowest BCUT2D eigenvalue weighted by Gasteiger charge is -2.34. The SMILES string of the molecule is O=C(C1CC(=O)N(C2CCOCC2)C1)N1CCC(Nc2ccncn2)CC1. The molecular weight excluding hydrogens is 346 g/mol. The van der Waals surface area contributed by atoms with Crippen LogP contribution >= 0.6 is 0 Å². The molecule has 0 aromatic carbocycles. The third-order valence-electron chi connectivity index (χ3n) is 5.88. The van der Waals surface area contributed by atoms with Gasteiger partial charge < -0.3 is 19.9 Å². The second-order valence-electron chi connectivity index (χ2n) is 7.63. The third-order valence-corrected chi connectivity index (χ3v) is 5.88. The summed E-state index contributed by atoms with van der Waals surface area (Å²) in [5, 5.41) is 3.40. The van der Waals surface area contributed by atoms with Crippen molar-refractivity contribution in [2.24, 2.45) is 5.92 Å². The van der Waals surface area contributed by atoms with Gasteiger partial charge in [-0.2, -0.15) is 0 Å². The van der Waals surface area contributed by atoms with Crippen molar-refractivity contribution in [2.75, 3.05) is 38.2 Å². The number of nitrogens with zero attached hydrogens (tertiary/aromatic N) is 4. The van der Waals surface area contributed by atoms with E-state index in [1.54, 1.807) is 6.20 Å². The number of aromatic nitrogens is 2. The van der Waals surface area contributed by atoms with E-state index in [0.717, 1.165) is 44.6 Å². The van der Waals surface area contributed by atoms with Crippen molar-refractivity contribution in [3.63, 3.8) is 0 Å². The molecule has 3 saturated heterocycles. The maximum absolute atomic E-state index is 12.9. The zero-order chi connectivity index (χ0) is 18.6. The molecule has 4 rings (SSSR count). The molecule has 8 nitrogen and oxygen atoms in total. The molecule has 27 heavy (non-hydrogen) atoms. The van der Waals surface area contributed by atoms with E-state index in [-0.39, 0.29) is 23.8 Å². The minimum Gasteiger partial charge on any atom is -0.381 e. The number of rotatable bonds is 4. The van der Waals surface area contributed by atoms with Gasteiger partial charge in [0.2, 0.25) is 11.8 Å². The summed E-state index contributed by atoms with van der Waals surface area (Å²) >= 11 is 0. The molecule has 8 heteroatoms. The number of carbonyl (C=O) groups is 2. The van der Waals surface area contributed by atoms with Crippen molar-refractivity contribution in [2.45, 2.75) is 44.2 Å². The molecule has 1 unspecified atom stereocenters. The van der Waals surface area contributed by atoms with E-state index in [1.165, 1.54) is 6.33 Å². The molecule has 146 valence electrons. The van der Waals surface area contributed by atoms with Crippen LogP contribution in [0.2, 0.25) is 0 Å². The van der Waals surface area contributed by atoms with Gasteiger partial charge in [0.05, 0.1) is 5.92 Å². The van der Waals surface area contributed by atoms with Crippen LogP contribution in [-0.4, -0.2) is 76.5 Å². The zero-order valence-corrected chi connectivity index (χ0v) is 15.5. The van der Waals surface area contributed by atoms with E-state index >= 15 is 0 Å². The van der Waals surface area contributed by atoms with E-state index in [4.69, 9.17) is 4.74 Å². The van der Waals surface area contributed by atoms with Crippen molar-refractivity contribution >= 4 is 17.6 Å². The average molecular weight is 373 g/mol. The Labute approximate surface area is 159 Å². The van der Waals surface area contributed by atoms with E-state index in [0.29, 0.717) is 32.2 Å².